The Bertz CT molecular complexity index is 737. The first kappa shape index (κ1) is 12.9. The molecule has 4 heteroatoms. The van der Waals surface area contributed by atoms with E-state index in [4.69, 9.17) is 12.2 Å². The number of fused-ring (bicyclic) bond motifs is 3. The van der Waals surface area contributed by atoms with E-state index < -0.39 is 0 Å². The Morgan fingerprint density at radius 2 is 1.81 bits per heavy atom. The molecule has 4 rings (SSSR count). The number of rotatable bonds is 1. The average molecular weight is 310 g/mol. The van der Waals surface area contributed by atoms with Gasteiger partial charge < -0.3 is 0 Å². The average Bonchev–Trinajstić information content (AvgIpc) is 2.85. The van der Waals surface area contributed by atoms with Crippen molar-refractivity contribution in [3.8, 4) is 0 Å². The summed E-state index contributed by atoms with van der Waals surface area (Å²) in [5.74, 6) is 0. The maximum Gasteiger partial charge on any atom is 0.162 e. The first-order chi connectivity index (χ1) is 10.2. The highest BCUT2D eigenvalue weighted by Gasteiger charge is 2.38. The van der Waals surface area contributed by atoms with E-state index in [1.165, 1.54) is 16.7 Å². The number of benzene rings is 2. The lowest BCUT2D eigenvalue weighted by molar-refractivity contribution is 0.388. The van der Waals surface area contributed by atoms with Gasteiger partial charge in [-0.25, -0.2) is 5.01 Å². The molecule has 0 bridgehead atoms. The maximum absolute atomic E-state index is 5.61. The van der Waals surface area contributed by atoms with Crippen molar-refractivity contribution in [3.05, 3.63) is 71.4 Å². The Kier molecular flexibility index (Phi) is 3.01. The Morgan fingerprint density at radius 3 is 2.62 bits per heavy atom. The first-order valence-corrected chi connectivity index (χ1v) is 8.15. The number of nitrogens with zero attached hydrogens (tertiary/aromatic N) is 2. The fourth-order valence-corrected chi connectivity index (χ4v) is 4.30. The molecule has 0 spiro atoms. The quantitative estimate of drug-likeness (QED) is 0.702. The van der Waals surface area contributed by atoms with E-state index in [1.54, 1.807) is 11.8 Å². The van der Waals surface area contributed by atoms with Crippen LogP contribution in [0.25, 0.3) is 6.08 Å². The molecule has 2 aliphatic rings. The van der Waals surface area contributed by atoms with Crippen LogP contribution >= 0.6 is 24.0 Å². The number of hydrazine groups is 1. The number of hydrogen-bond donors (Lipinski definition) is 0. The van der Waals surface area contributed by atoms with Gasteiger partial charge in [-0.3, -0.25) is 5.01 Å². The number of anilines is 1. The standard InChI is InChI=1S/C17H14N2S2/c1-12-6-8-14(9-7-12)19-17(20)21-16-15-5-3-2-4-13(15)10-11-18(16)19/h2-11,16H,1H3. The topological polar surface area (TPSA) is 6.48 Å². The molecule has 0 aromatic heterocycles. The van der Waals surface area contributed by atoms with Gasteiger partial charge in [0.1, 0.15) is 5.37 Å². The molecule has 0 aliphatic carbocycles. The zero-order valence-corrected chi connectivity index (χ0v) is 13.2. The monoisotopic (exact) mass is 310 g/mol. The molecule has 0 radical (unpaired) electrons. The Hall–Kier alpha value is -1.78. The van der Waals surface area contributed by atoms with Crippen LogP contribution in [0.3, 0.4) is 0 Å². The van der Waals surface area contributed by atoms with Crippen LogP contribution in [0.2, 0.25) is 0 Å². The smallest absolute Gasteiger partial charge is 0.162 e. The van der Waals surface area contributed by atoms with Gasteiger partial charge >= 0.3 is 0 Å². The fourth-order valence-electron chi connectivity index (χ4n) is 2.72. The van der Waals surface area contributed by atoms with Gasteiger partial charge in [0.05, 0.1) is 5.69 Å². The first-order valence-electron chi connectivity index (χ1n) is 6.87. The molecule has 2 nitrogen and oxygen atoms in total. The molecule has 2 aromatic rings. The number of thioether (sulfide) groups is 1. The van der Waals surface area contributed by atoms with E-state index in [2.05, 4.69) is 77.7 Å². The SMILES string of the molecule is Cc1ccc(N2C(=S)SC3c4ccccc4C=CN32)cc1. The molecule has 104 valence electrons. The summed E-state index contributed by atoms with van der Waals surface area (Å²) in [5.41, 5.74) is 4.97. The van der Waals surface area contributed by atoms with E-state index in [0.29, 0.717) is 0 Å². The highest BCUT2D eigenvalue weighted by molar-refractivity contribution is 8.23. The van der Waals surface area contributed by atoms with Gasteiger partial charge in [-0.2, -0.15) is 0 Å². The predicted molar refractivity (Wildman–Crippen MR) is 93.9 cm³/mol. The summed E-state index contributed by atoms with van der Waals surface area (Å²) in [7, 11) is 0. The maximum atomic E-state index is 5.61. The van der Waals surface area contributed by atoms with E-state index in [9.17, 15) is 0 Å². The van der Waals surface area contributed by atoms with Crippen LogP contribution in [0.15, 0.2) is 54.7 Å². The molecule has 0 saturated carbocycles. The van der Waals surface area contributed by atoms with Crippen molar-refractivity contribution in [2.24, 2.45) is 0 Å². The van der Waals surface area contributed by atoms with Gasteiger partial charge in [-0.15, -0.1) is 0 Å². The Balaban J connectivity index is 1.76. The third kappa shape index (κ3) is 2.06. The van der Waals surface area contributed by atoms with Crippen molar-refractivity contribution in [2.45, 2.75) is 12.3 Å². The molecule has 1 fully saturated rings. The highest BCUT2D eigenvalue weighted by atomic mass is 32.2. The minimum Gasteiger partial charge on any atom is -0.269 e. The van der Waals surface area contributed by atoms with E-state index in [-0.39, 0.29) is 5.37 Å². The van der Waals surface area contributed by atoms with Crippen molar-refractivity contribution in [2.75, 3.05) is 5.01 Å². The highest BCUT2D eigenvalue weighted by Crippen LogP contribution is 2.47. The largest absolute Gasteiger partial charge is 0.269 e. The normalized spacial score (nSPS) is 19.7. The second-order valence-corrected chi connectivity index (χ2v) is 6.92. The zero-order chi connectivity index (χ0) is 14.4. The molecule has 2 aliphatic heterocycles. The van der Waals surface area contributed by atoms with E-state index in [1.807, 2.05) is 0 Å². The summed E-state index contributed by atoms with van der Waals surface area (Å²) < 4.78 is 0.894. The molecule has 21 heavy (non-hydrogen) atoms. The van der Waals surface area contributed by atoms with Crippen molar-refractivity contribution >= 4 is 40.1 Å². The molecule has 1 atom stereocenters. The number of thiocarbonyl (C=S) groups is 1. The Labute approximate surface area is 134 Å². The lowest BCUT2D eigenvalue weighted by Gasteiger charge is -2.33. The van der Waals surface area contributed by atoms with Gasteiger partial charge in [-0.05, 0) is 36.3 Å². The lowest BCUT2D eigenvalue weighted by Crippen LogP contribution is -2.36. The van der Waals surface area contributed by atoms with Crippen LogP contribution in [0.5, 0.6) is 0 Å². The van der Waals surface area contributed by atoms with Crippen LogP contribution in [0.4, 0.5) is 5.69 Å². The lowest BCUT2D eigenvalue weighted by atomic mass is 10.1. The summed E-state index contributed by atoms with van der Waals surface area (Å²) in [6, 6.07) is 17.0. The van der Waals surface area contributed by atoms with Crippen molar-refractivity contribution in [1.29, 1.82) is 0 Å². The molecule has 1 unspecified atom stereocenters. The summed E-state index contributed by atoms with van der Waals surface area (Å²) >= 11 is 7.34. The second kappa shape index (κ2) is 4.90. The van der Waals surface area contributed by atoms with Crippen molar-refractivity contribution in [3.63, 3.8) is 0 Å². The van der Waals surface area contributed by atoms with Crippen LogP contribution in [0, 0.1) is 6.92 Å². The molecular weight excluding hydrogens is 296 g/mol. The van der Waals surface area contributed by atoms with E-state index >= 15 is 0 Å². The predicted octanol–water partition coefficient (Wildman–Crippen LogP) is 4.73. The molecule has 0 N–H and O–H groups in total. The minimum absolute atomic E-state index is 0.236. The number of hydrogen-bond acceptors (Lipinski definition) is 3. The van der Waals surface area contributed by atoms with Gasteiger partial charge in [0.25, 0.3) is 0 Å². The van der Waals surface area contributed by atoms with Crippen LogP contribution in [-0.2, 0) is 0 Å². The van der Waals surface area contributed by atoms with E-state index in [0.717, 1.165) is 10.0 Å². The van der Waals surface area contributed by atoms with Gasteiger partial charge in [0.2, 0.25) is 0 Å². The second-order valence-electron chi connectivity index (χ2n) is 5.21. The number of aryl methyl sites for hydroxylation is 1. The Morgan fingerprint density at radius 1 is 1.05 bits per heavy atom. The summed E-state index contributed by atoms with van der Waals surface area (Å²) in [5, 5.41) is 4.58. The third-order valence-corrected chi connectivity index (χ3v) is 5.33. The van der Waals surface area contributed by atoms with Crippen molar-refractivity contribution in [1.82, 2.24) is 5.01 Å². The molecule has 2 aromatic carbocycles. The minimum atomic E-state index is 0.236. The van der Waals surface area contributed by atoms with Crippen LogP contribution < -0.4 is 5.01 Å². The van der Waals surface area contributed by atoms with Gasteiger partial charge in [0.15, 0.2) is 4.32 Å². The molecular formula is C17H14N2S2. The van der Waals surface area contributed by atoms with Crippen LogP contribution in [0.1, 0.15) is 22.1 Å². The summed E-state index contributed by atoms with van der Waals surface area (Å²) in [6.07, 6.45) is 4.28. The summed E-state index contributed by atoms with van der Waals surface area (Å²) in [4.78, 5) is 0. The zero-order valence-electron chi connectivity index (χ0n) is 11.6. The fraction of sp³-hybridized carbons (Fsp3) is 0.118. The van der Waals surface area contributed by atoms with Gasteiger partial charge in [0, 0.05) is 6.20 Å². The molecule has 0 amide bonds. The van der Waals surface area contributed by atoms with Gasteiger partial charge in [-0.1, -0.05) is 65.9 Å². The van der Waals surface area contributed by atoms with Crippen LogP contribution in [-0.4, -0.2) is 9.33 Å². The van der Waals surface area contributed by atoms with Crippen molar-refractivity contribution < 1.29 is 0 Å². The molecule has 2 heterocycles. The third-order valence-electron chi connectivity index (χ3n) is 3.80. The summed E-state index contributed by atoms with van der Waals surface area (Å²) in [6.45, 7) is 2.10. The molecule has 1 saturated heterocycles.